The van der Waals surface area contributed by atoms with Crippen molar-refractivity contribution in [1.82, 2.24) is 15.1 Å². The lowest BCUT2D eigenvalue weighted by molar-refractivity contribution is -0.121. The Labute approximate surface area is 113 Å². The normalized spacial score (nSPS) is 23.1. The van der Waals surface area contributed by atoms with E-state index in [1.165, 1.54) is 6.42 Å². The molecule has 6 nitrogen and oxygen atoms in total. The first-order valence-electron chi connectivity index (χ1n) is 6.73. The molecule has 0 bridgehead atoms. The Balaban J connectivity index is 1.87. The lowest BCUT2D eigenvalue weighted by Gasteiger charge is -2.29. The fourth-order valence-electron chi connectivity index (χ4n) is 2.48. The molecule has 0 aliphatic heterocycles. The van der Waals surface area contributed by atoms with Crippen molar-refractivity contribution in [1.29, 1.82) is 0 Å². The van der Waals surface area contributed by atoms with E-state index in [0.29, 0.717) is 12.1 Å². The summed E-state index contributed by atoms with van der Waals surface area (Å²) in [6.45, 7) is 0.254. The summed E-state index contributed by atoms with van der Waals surface area (Å²) in [5.74, 6) is -0.0493. The van der Waals surface area contributed by atoms with E-state index in [0.717, 1.165) is 24.9 Å². The van der Waals surface area contributed by atoms with E-state index in [9.17, 15) is 4.79 Å². The lowest BCUT2D eigenvalue weighted by atomic mass is 9.93. The average Bonchev–Trinajstić information content (AvgIpc) is 2.86. The quantitative estimate of drug-likeness (QED) is 0.834. The van der Waals surface area contributed by atoms with Crippen LogP contribution in [0.15, 0.2) is 12.4 Å². The number of carbonyl (C=O) groups excluding carboxylic acids is 1. The number of ether oxygens (including phenoxy) is 1. The van der Waals surface area contributed by atoms with E-state index in [2.05, 4.69) is 15.7 Å². The smallest absolute Gasteiger partial charge is 0.241 e. The van der Waals surface area contributed by atoms with Gasteiger partial charge in [0.15, 0.2) is 0 Å². The zero-order valence-corrected chi connectivity index (χ0v) is 11.6. The minimum atomic E-state index is -0.0493. The third kappa shape index (κ3) is 3.96. The molecule has 0 spiro atoms. The molecule has 2 rings (SSSR count). The highest BCUT2D eigenvalue weighted by Crippen LogP contribution is 2.23. The van der Waals surface area contributed by atoms with Crippen molar-refractivity contribution >= 4 is 11.6 Å². The van der Waals surface area contributed by atoms with Crippen LogP contribution in [-0.4, -0.2) is 42.0 Å². The van der Waals surface area contributed by atoms with E-state index in [-0.39, 0.29) is 12.5 Å². The number of likely N-dealkylation sites (N-methyl/N-ethyl adjacent to an activating group) is 1. The molecule has 2 atom stereocenters. The van der Waals surface area contributed by atoms with Gasteiger partial charge in [0.25, 0.3) is 0 Å². The Morgan fingerprint density at radius 3 is 3.16 bits per heavy atom. The van der Waals surface area contributed by atoms with Crippen molar-refractivity contribution in [3.05, 3.63) is 12.4 Å². The number of aromatic nitrogens is 2. The monoisotopic (exact) mass is 266 g/mol. The Kier molecular flexibility index (Phi) is 4.79. The molecule has 1 fully saturated rings. The van der Waals surface area contributed by atoms with Crippen LogP contribution in [0.2, 0.25) is 0 Å². The molecule has 0 saturated heterocycles. The molecule has 1 amide bonds. The molecular formula is C13H22N4O2. The number of methoxy groups -OCH3 is 1. The van der Waals surface area contributed by atoms with Gasteiger partial charge >= 0.3 is 0 Å². The van der Waals surface area contributed by atoms with Crippen LogP contribution in [0.25, 0.3) is 0 Å². The maximum absolute atomic E-state index is 11.3. The third-order valence-corrected chi connectivity index (χ3v) is 3.55. The summed E-state index contributed by atoms with van der Waals surface area (Å²) >= 11 is 0. The zero-order chi connectivity index (χ0) is 13.7. The standard InChI is InChI=1S/C13H22N4O2/c1-14-13(18)9-17-8-11(7-15-17)16-10-4-3-5-12(6-10)19-2/h7-8,10,12,16H,3-6,9H2,1-2H3,(H,14,18). The van der Waals surface area contributed by atoms with E-state index in [1.807, 2.05) is 6.20 Å². The van der Waals surface area contributed by atoms with Crippen molar-refractivity contribution in [2.75, 3.05) is 19.5 Å². The van der Waals surface area contributed by atoms with Gasteiger partial charge in [-0.2, -0.15) is 5.10 Å². The van der Waals surface area contributed by atoms with Crippen molar-refractivity contribution in [2.45, 2.75) is 44.4 Å². The number of hydrogen-bond donors (Lipinski definition) is 2. The number of carbonyl (C=O) groups is 1. The number of rotatable bonds is 5. The van der Waals surface area contributed by atoms with E-state index in [4.69, 9.17) is 4.74 Å². The molecule has 6 heteroatoms. The lowest BCUT2D eigenvalue weighted by Crippen LogP contribution is -2.30. The Morgan fingerprint density at radius 2 is 2.42 bits per heavy atom. The predicted molar refractivity (Wildman–Crippen MR) is 73.0 cm³/mol. The number of nitrogens with zero attached hydrogens (tertiary/aromatic N) is 2. The first-order chi connectivity index (χ1) is 9.21. The van der Waals surface area contributed by atoms with Gasteiger partial charge in [0.2, 0.25) is 5.91 Å². The van der Waals surface area contributed by atoms with Crippen LogP contribution in [0.4, 0.5) is 5.69 Å². The topological polar surface area (TPSA) is 68.2 Å². The van der Waals surface area contributed by atoms with Gasteiger partial charge in [-0.05, 0) is 25.7 Å². The minimum absolute atomic E-state index is 0.0493. The van der Waals surface area contributed by atoms with Gasteiger partial charge in [-0.1, -0.05) is 0 Å². The fraction of sp³-hybridized carbons (Fsp3) is 0.692. The van der Waals surface area contributed by atoms with Crippen molar-refractivity contribution in [3.8, 4) is 0 Å². The summed E-state index contributed by atoms with van der Waals surface area (Å²) in [5.41, 5.74) is 0.964. The summed E-state index contributed by atoms with van der Waals surface area (Å²) in [7, 11) is 3.40. The number of amides is 1. The van der Waals surface area contributed by atoms with Crippen molar-refractivity contribution < 1.29 is 9.53 Å². The number of anilines is 1. The van der Waals surface area contributed by atoms with Gasteiger partial charge in [-0.25, -0.2) is 0 Å². The SMILES string of the molecule is CNC(=O)Cn1cc(NC2CCCC(OC)C2)cn1. The van der Waals surface area contributed by atoms with Gasteiger partial charge in [-0.3, -0.25) is 9.48 Å². The van der Waals surface area contributed by atoms with Crippen LogP contribution in [0, 0.1) is 0 Å². The molecule has 2 N–H and O–H groups in total. The molecule has 1 aliphatic carbocycles. The molecule has 1 saturated carbocycles. The van der Waals surface area contributed by atoms with Crippen LogP contribution in [0.3, 0.4) is 0 Å². The second kappa shape index (κ2) is 6.56. The van der Waals surface area contributed by atoms with E-state index >= 15 is 0 Å². The van der Waals surface area contributed by atoms with Crippen LogP contribution < -0.4 is 10.6 Å². The zero-order valence-electron chi connectivity index (χ0n) is 11.6. The molecule has 2 unspecified atom stereocenters. The van der Waals surface area contributed by atoms with Gasteiger partial charge in [0, 0.05) is 26.4 Å². The Bertz CT molecular complexity index is 419. The molecular weight excluding hydrogens is 244 g/mol. The molecule has 0 radical (unpaired) electrons. The van der Waals surface area contributed by atoms with Crippen LogP contribution in [0.5, 0.6) is 0 Å². The highest BCUT2D eigenvalue weighted by atomic mass is 16.5. The summed E-state index contributed by atoms with van der Waals surface area (Å²) in [6.07, 6.45) is 8.49. The Hall–Kier alpha value is -1.56. The van der Waals surface area contributed by atoms with Crippen molar-refractivity contribution in [2.24, 2.45) is 0 Å². The molecule has 106 valence electrons. The predicted octanol–water partition coefficient (Wildman–Crippen LogP) is 0.999. The average molecular weight is 266 g/mol. The molecule has 1 aromatic rings. The third-order valence-electron chi connectivity index (χ3n) is 3.55. The minimum Gasteiger partial charge on any atom is -0.381 e. The van der Waals surface area contributed by atoms with E-state index in [1.54, 1.807) is 25.0 Å². The van der Waals surface area contributed by atoms with Crippen LogP contribution in [0.1, 0.15) is 25.7 Å². The first kappa shape index (κ1) is 13.9. The molecule has 1 heterocycles. The molecule has 0 aromatic carbocycles. The van der Waals surface area contributed by atoms with E-state index < -0.39 is 0 Å². The number of hydrogen-bond acceptors (Lipinski definition) is 4. The molecule has 19 heavy (non-hydrogen) atoms. The maximum Gasteiger partial charge on any atom is 0.241 e. The highest BCUT2D eigenvalue weighted by molar-refractivity contribution is 5.75. The summed E-state index contributed by atoms with van der Waals surface area (Å²) in [4.78, 5) is 11.3. The van der Waals surface area contributed by atoms with Gasteiger partial charge in [0.1, 0.15) is 6.54 Å². The molecule has 1 aliphatic rings. The van der Waals surface area contributed by atoms with Crippen LogP contribution in [-0.2, 0) is 16.1 Å². The largest absolute Gasteiger partial charge is 0.381 e. The molecule has 1 aromatic heterocycles. The van der Waals surface area contributed by atoms with Crippen molar-refractivity contribution in [3.63, 3.8) is 0 Å². The number of nitrogens with one attached hydrogen (secondary N) is 2. The van der Waals surface area contributed by atoms with Gasteiger partial charge < -0.3 is 15.4 Å². The Morgan fingerprint density at radius 1 is 1.58 bits per heavy atom. The first-order valence-corrected chi connectivity index (χ1v) is 6.73. The fourth-order valence-corrected chi connectivity index (χ4v) is 2.48. The highest BCUT2D eigenvalue weighted by Gasteiger charge is 2.21. The summed E-state index contributed by atoms with van der Waals surface area (Å²) < 4.78 is 7.05. The summed E-state index contributed by atoms with van der Waals surface area (Å²) in [6, 6.07) is 0.427. The van der Waals surface area contributed by atoms with Gasteiger partial charge in [0.05, 0.1) is 18.0 Å². The van der Waals surface area contributed by atoms with Gasteiger partial charge in [-0.15, -0.1) is 0 Å². The second-order valence-corrected chi connectivity index (χ2v) is 4.97. The summed E-state index contributed by atoms with van der Waals surface area (Å²) in [5, 5.41) is 10.2. The second-order valence-electron chi connectivity index (χ2n) is 4.97. The maximum atomic E-state index is 11.3. The van der Waals surface area contributed by atoms with Crippen LogP contribution >= 0.6 is 0 Å².